The molecule has 2 aromatic heterocycles. The zero-order chi connectivity index (χ0) is 14.7. The van der Waals surface area contributed by atoms with Gasteiger partial charge in [-0.05, 0) is 30.7 Å². The van der Waals surface area contributed by atoms with E-state index in [0.717, 1.165) is 22.6 Å². The molecule has 0 atom stereocenters. The second-order valence-corrected chi connectivity index (χ2v) is 5.04. The lowest BCUT2D eigenvalue weighted by atomic mass is 10.2. The summed E-state index contributed by atoms with van der Waals surface area (Å²) >= 11 is 6.28. The normalized spacial score (nSPS) is 10.6. The van der Waals surface area contributed by atoms with Gasteiger partial charge in [0.25, 0.3) is 0 Å². The Hall–Kier alpha value is -2.40. The molecule has 1 N–H and O–H groups in total. The summed E-state index contributed by atoms with van der Waals surface area (Å²) in [6.45, 7) is 2.63. The van der Waals surface area contributed by atoms with E-state index < -0.39 is 0 Å². The van der Waals surface area contributed by atoms with Crippen LogP contribution in [0.25, 0.3) is 5.69 Å². The molecule has 6 heteroatoms. The number of pyridine rings is 1. The molecule has 0 spiro atoms. The van der Waals surface area contributed by atoms with Gasteiger partial charge in [-0.25, -0.2) is 9.67 Å². The molecule has 1 aromatic carbocycles. The zero-order valence-corrected chi connectivity index (χ0v) is 12.2. The van der Waals surface area contributed by atoms with Crippen molar-refractivity contribution in [1.82, 2.24) is 19.7 Å². The zero-order valence-electron chi connectivity index (χ0n) is 11.5. The molecule has 0 aliphatic rings. The van der Waals surface area contributed by atoms with E-state index in [4.69, 9.17) is 11.6 Å². The molecule has 0 saturated carbocycles. The van der Waals surface area contributed by atoms with E-state index in [0.29, 0.717) is 11.6 Å². The Morgan fingerprint density at radius 3 is 2.86 bits per heavy atom. The maximum Gasteiger partial charge on any atom is 0.138 e. The number of hydrogen-bond donors (Lipinski definition) is 1. The van der Waals surface area contributed by atoms with Crippen molar-refractivity contribution in [2.45, 2.75) is 13.5 Å². The highest BCUT2D eigenvalue weighted by atomic mass is 35.5. The molecule has 0 radical (unpaired) electrons. The van der Waals surface area contributed by atoms with E-state index in [1.54, 1.807) is 11.0 Å². The van der Waals surface area contributed by atoms with Gasteiger partial charge in [0.05, 0.1) is 10.7 Å². The van der Waals surface area contributed by atoms with Gasteiger partial charge in [0.2, 0.25) is 0 Å². The average molecular weight is 300 g/mol. The predicted molar refractivity (Wildman–Crippen MR) is 82.7 cm³/mol. The molecule has 21 heavy (non-hydrogen) atoms. The summed E-state index contributed by atoms with van der Waals surface area (Å²) in [7, 11) is 0. The minimum Gasteiger partial charge on any atom is -0.379 e. The van der Waals surface area contributed by atoms with Crippen molar-refractivity contribution in [1.29, 1.82) is 0 Å². The number of aryl methyl sites for hydroxylation is 1. The Kier molecular flexibility index (Phi) is 3.83. The largest absolute Gasteiger partial charge is 0.379 e. The van der Waals surface area contributed by atoms with Crippen LogP contribution in [-0.2, 0) is 6.54 Å². The van der Waals surface area contributed by atoms with E-state index in [1.165, 1.54) is 6.33 Å². The first-order valence-corrected chi connectivity index (χ1v) is 6.91. The molecular formula is C15H14ClN5. The fourth-order valence-corrected chi connectivity index (χ4v) is 2.28. The topological polar surface area (TPSA) is 55.6 Å². The van der Waals surface area contributed by atoms with E-state index in [9.17, 15) is 0 Å². The summed E-state index contributed by atoms with van der Waals surface area (Å²) in [5.74, 6) is 0. The minimum absolute atomic E-state index is 0.618. The van der Waals surface area contributed by atoms with E-state index in [2.05, 4.69) is 26.4 Å². The van der Waals surface area contributed by atoms with Crippen molar-refractivity contribution in [2.75, 3.05) is 5.32 Å². The average Bonchev–Trinajstić information content (AvgIpc) is 3.00. The first-order chi connectivity index (χ1) is 10.2. The molecule has 0 aliphatic heterocycles. The van der Waals surface area contributed by atoms with Gasteiger partial charge in [-0.1, -0.05) is 23.7 Å². The maximum absolute atomic E-state index is 6.28. The first-order valence-electron chi connectivity index (χ1n) is 6.53. The summed E-state index contributed by atoms with van der Waals surface area (Å²) in [6.07, 6.45) is 4.97. The molecular weight excluding hydrogens is 286 g/mol. The van der Waals surface area contributed by atoms with Gasteiger partial charge >= 0.3 is 0 Å². The molecule has 106 valence electrons. The van der Waals surface area contributed by atoms with Crippen LogP contribution in [0.4, 0.5) is 5.69 Å². The van der Waals surface area contributed by atoms with Crippen LogP contribution < -0.4 is 5.32 Å². The fourth-order valence-electron chi connectivity index (χ4n) is 2.01. The number of para-hydroxylation sites is 1. The van der Waals surface area contributed by atoms with Crippen LogP contribution in [-0.4, -0.2) is 19.7 Å². The second kappa shape index (κ2) is 5.93. The van der Waals surface area contributed by atoms with Crippen LogP contribution in [0.3, 0.4) is 0 Å². The predicted octanol–water partition coefficient (Wildman–Crippen LogP) is 3.24. The molecule has 0 unspecified atom stereocenters. The number of nitrogens with zero attached hydrogens (tertiary/aromatic N) is 4. The Bertz CT molecular complexity index is 722. The second-order valence-electron chi connectivity index (χ2n) is 4.64. The van der Waals surface area contributed by atoms with Gasteiger partial charge < -0.3 is 5.32 Å². The van der Waals surface area contributed by atoms with Gasteiger partial charge in [-0.3, -0.25) is 4.98 Å². The maximum atomic E-state index is 6.28. The summed E-state index contributed by atoms with van der Waals surface area (Å²) in [4.78, 5) is 8.25. The van der Waals surface area contributed by atoms with Crippen molar-refractivity contribution in [2.24, 2.45) is 0 Å². The number of rotatable bonds is 4. The molecule has 5 nitrogen and oxygen atoms in total. The highest BCUT2D eigenvalue weighted by molar-refractivity contribution is 6.33. The lowest BCUT2D eigenvalue weighted by Crippen LogP contribution is -2.06. The van der Waals surface area contributed by atoms with Crippen LogP contribution in [0.1, 0.15) is 11.3 Å². The molecule has 3 rings (SSSR count). The smallest absolute Gasteiger partial charge is 0.138 e. The minimum atomic E-state index is 0.618. The van der Waals surface area contributed by atoms with Crippen molar-refractivity contribution in [3.63, 3.8) is 0 Å². The third kappa shape index (κ3) is 3.03. The van der Waals surface area contributed by atoms with Crippen molar-refractivity contribution >= 4 is 17.3 Å². The van der Waals surface area contributed by atoms with E-state index in [1.807, 2.05) is 37.4 Å². The standard InChI is InChI=1S/C15H14ClN5/c1-11-5-6-12(7-18-11)8-19-14-4-2-3-13(16)15(14)21-10-17-9-20-21/h2-7,9-10,19H,8H2,1H3. The van der Waals surface area contributed by atoms with Gasteiger partial charge in [0.1, 0.15) is 18.3 Å². The van der Waals surface area contributed by atoms with Crippen molar-refractivity contribution < 1.29 is 0 Å². The highest BCUT2D eigenvalue weighted by Crippen LogP contribution is 2.28. The monoisotopic (exact) mass is 299 g/mol. The third-order valence-electron chi connectivity index (χ3n) is 3.09. The molecule has 3 aromatic rings. The summed E-state index contributed by atoms with van der Waals surface area (Å²) in [5, 5.41) is 8.13. The fraction of sp³-hybridized carbons (Fsp3) is 0.133. The SMILES string of the molecule is Cc1ccc(CNc2cccc(Cl)c2-n2cncn2)cn1. The third-order valence-corrected chi connectivity index (χ3v) is 3.40. The van der Waals surface area contributed by atoms with Crippen LogP contribution in [0.2, 0.25) is 5.02 Å². The van der Waals surface area contributed by atoms with Gasteiger partial charge in [-0.2, -0.15) is 5.10 Å². The summed E-state index contributed by atoms with van der Waals surface area (Å²) in [5.41, 5.74) is 3.79. The Balaban J connectivity index is 1.86. The Morgan fingerprint density at radius 2 is 2.14 bits per heavy atom. The van der Waals surface area contributed by atoms with Crippen molar-refractivity contribution in [3.8, 4) is 5.69 Å². The number of nitrogens with one attached hydrogen (secondary N) is 1. The van der Waals surface area contributed by atoms with Crippen molar-refractivity contribution in [3.05, 3.63) is 65.5 Å². The lowest BCUT2D eigenvalue weighted by Gasteiger charge is -2.13. The van der Waals surface area contributed by atoms with Gasteiger partial charge in [0, 0.05) is 18.4 Å². The van der Waals surface area contributed by atoms with E-state index in [-0.39, 0.29) is 0 Å². The van der Waals surface area contributed by atoms with Crippen LogP contribution in [0, 0.1) is 6.92 Å². The quantitative estimate of drug-likeness (QED) is 0.803. The molecule has 0 bridgehead atoms. The van der Waals surface area contributed by atoms with Gasteiger partial charge in [0.15, 0.2) is 0 Å². The highest BCUT2D eigenvalue weighted by Gasteiger charge is 2.09. The molecule has 2 heterocycles. The lowest BCUT2D eigenvalue weighted by molar-refractivity contribution is 0.878. The van der Waals surface area contributed by atoms with Crippen LogP contribution >= 0.6 is 11.6 Å². The Labute approximate surface area is 127 Å². The number of aromatic nitrogens is 4. The summed E-state index contributed by atoms with van der Waals surface area (Å²) < 4.78 is 1.65. The number of benzene rings is 1. The Morgan fingerprint density at radius 1 is 1.24 bits per heavy atom. The van der Waals surface area contributed by atoms with Crippen LogP contribution in [0.15, 0.2) is 49.2 Å². The first kappa shape index (κ1) is 13.6. The van der Waals surface area contributed by atoms with E-state index >= 15 is 0 Å². The van der Waals surface area contributed by atoms with Crippen LogP contribution in [0.5, 0.6) is 0 Å². The molecule has 0 saturated heterocycles. The molecule has 0 fully saturated rings. The van der Waals surface area contributed by atoms with Gasteiger partial charge in [-0.15, -0.1) is 0 Å². The molecule has 0 amide bonds. The summed E-state index contributed by atoms with van der Waals surface area (Å²) in [6, 6.07) is 9.74. The number of anilines is 1. The number of halogens is 1. The number of hydrogen-bond acceptors (Lipinski definition) is 4. The molecule has 0 aliphatic carbocycles.